The van der Waals surface area contributed by atoms with Crippen LogP contribution in [0.5, 0.6) is 0 Å². The van der Waals surface area contributed by atoms with E-state index in [1.807, 2.05) is 30.0 Å². The van der Waals surface area contributed by atoms with Gasteiger partial charge in [-0.25, -0.2) is 9.97 Å². The molecule has 1 aliphatic heterocycles. The number of hydrogen-bond acceptors (Lipinski definition) is 5. The van der Waals surface area contributed by atoms with Crippen molar-refractivity contribution >= 4 is 17.5 Å². The van der Waals surface area contributed by atoms with Crippen molar-refractivity contribution in [2.24, 2.45) is 0 Å². The summed E-state index contributed by atoms with van der Waals surface area (Å²) in [6, 6.07) is 5.64. The SMILES string of the molecule is CCC(=O)N1CCCC1c1nccnc1Nc1ccccn1. The van der Waals surface area contributed by atoms with E-state index in [2.05, 4.69) is 20.3 Å². The van der Waals surface area contributed by atoms with Crippen molar-refractivity contribution < 1.29 is 4.79 Å². The Morgan fingerprint density at radius 3 is 2.91 bits per heavy atom. The molecular weight excluding hydrogens is 278 g/mol. The first-order valence-corrected chi connectivity index (χ1v) is 7.58. The molecule has 0 radical (unpaired) electrons. The van der Waals surface area contributed by atoms with Crippen LogP contribution in [0.25, 0.3) is 0 Å². The van der Waals surface area contributed by atoms with E-state index in [4.69, 9.17) is 0 Å². The monoisotopic (exact) mass is 297 g/mol. The maximum atomic E-state index is 12.1. The van der Waals surface area contributed by atoms with E-state index in [1.54, 1.807) is 18.6 Å². The Labute approximate surface area is 129 Å². The zero-order chi connectivity index (χ0) is 15.4. The molecule has 0 spiro atoms. The Hall–Kier alpha value is -2.50. The summed E-state index contributed by atoms with van der Waals surface area (Å²) >= 11 is 0. The topological polar surface area (TPSA) is 71.0 Å². The molecule has 0 aliphatic carbocycles. The summed E-state index contributed by atoms with van der Waals surface area (Å²) in [4.78, 5) is 27.1. The first-order valence-electron chi connectivity index (χ1n) is 7.58. The van der Waals surface area contributed by atoms with Gasteiger partial charge >= 0.3 is 0 Å². The van der Waals surface area contributed by atoms with E-state index >= 15 is 0 Å². The fourth-order valence-corrected chi connectivity index (χ4v) is 2.80. The lowest BCUT2D eigenvalue weighted by molar-refractivity contribution is -0.131. The van der Waals surface area contributed by atoms with Gasteiger partial charge in [0.25, 0.3) is 0 Å². The van der Waals surface area contributed by atoms with Crippen molar-refractivity contribution in [3.05, 3.63) is 42.5 Å². The molecule has 0 saturated carbocycles. The van der Waals surface area contributed by atoms with Crippen LogP contribution in [0, 0.1) is 0 Å². The summed E-state index contributed by atoms with van der Waals surface area (Å²) in [5, 5.41) is 3.20. The van der Waals surface area contributed by atoms with Crippen molar-refractivity contribution in [2.45, 2.75) is 32.2 Å². The highest BCUT2D eigenvalue weighted by atomic mass is 16.2. The predicted molar refractivity (Wildman–Crippen MR) is 83.5 cm³/mol. The minimum Gasteiger partial charge on any atom is -0.334 e. The zero-order valence-corrected chi connectivity index (χ0v) is 12.6. The van der Waals surface area contributed by atoms with Crippen LogP contribution in [-0.2, 0) is 4.79 Å². The number of hydrogen-bond donors (Lipinski definition) is 1. The number of aromatic nitrogens is 3. The first-order chi connectivity index (χ1) is 10.8. The van der Waals surface area contributed by atoms with Gasteiger partial charge < -0.3 is 10.2 Å². The van der Waals surface area contributed by atoms with Crippen LogP contribution >= 0.6 is 0 Å². The summed E-state index contributed by atoms with van der Waals surface area (Å²) in [5.74, 6) is 1.55. The molecule has 1 aliphatic rings. The predicted octanol–water partition coefficient (Wildman–Crippen LogP) is 2.69. The van der Waals surface area contributed by atoms with E-state index in [9.17, 15) is 4.79 Å². The third-order valence-corrected chi connectivity index (χ3v) is 3.83. The lowest BCUT2D eigenvalue weighted by atomic mass is 10.1. The second-order valence-electron chi connectivity index (χ2n) is 5.23. The van der Waals surface area contributed by atoms with Crippen LogP contribution in [0.2, 0.25) is 0 Å². The number of rotatable bonds is 4. The van der Waals surface area contributed by atoms with Crippen LogP contribution in [0.1, 0.15) is 37.9 Å². The molecule has 1 amide bonds. The summed E-state index contributed by atoms with van der Waals surface area (Å²) in [5.41, 5.74) is 0.812. The average Bonchev–Trinajstić information content (AvgIpc) is 3.05. The quantitative estimate of drug-likeness (QED) is 0.939. The lowest BCUT2D eigenvalue weighted by Gasteiger charge is -2.25. The number of pyridine rings is 1. The summed E-state index contributed by atoms with van der Waals surface area (Å²) in [6.07, 6.45) is 7.47. The third-order valence-electron chi connectivity index (χ3n) is 3.83. The minimum absolute atomic E-state index is 0.00707. The number of anilines is 2. The second kappa shape index (κ2) is 6.51. The van der Waals surface area contributed by atoms with Gasteiger partial charge in [-0.2, -0.15) is 0 Å². The molecule has 3 rings (SSSR count). The lowest BCUT2D eigenvalue weighted by Crippen LogP contribution is -2.30. The van der Waals surface area contributed by atoms with Crippen LogP contribution < -0.4 is 5.32 Å². The highest BCUT2D eigenvalue weighted by Crippen LogP contribution is 2.34. The standard InChI is InChI=1S/C16H19N5O/c1-2-14(22)21-11-5-6-12(21)15-16(19-10-9-18-15)20-13-7-3-4-8-17-13/h3-4,7-10,12H,2,5-6,11H2,1H3,(H,17,19,20). The molecule has 2 aromatic heterocycles. The van der Waals surface area contributed by atoms with E-state index < -0.39 is 0 Å². The van der Waals surface area contributed by atoms with Gasteiger partial charge in [-0.3, -0.25) is 9.78 Å². The van der Waals surface area contributed by atoms with Crippen LogP contribution in [0.3, 0.4) is 0 Å². The average molecular weight is 297 g/mol. The Morgan fingerprint density at radius 1 is 1.27 bits per heavy atom. The van der Waals surface area contributed by atoms with Crippen molar-refractivity contribution in [1.29, 1.82) is 0 Å². The highest BCUT2D eigenvalue weighted by molar-refractivity contribution is 5.77. The Morgan fingerprint density at radius 2 is 2.14 bits per heavy atom. The number of likely N-dealkylation sites (tertiary alicyclic amines) is 1. The van der Waals surface area contributed by atoms with Gasteiger partial charge in [0.15, 0.2) is 5.82 Å². The summed E-state index contributed by atoms with van der Waals surface area (Å²) < 4.78 is 0. The molecule has 1 N–H and O–H groups in total. The first kappa shape index (κ1) is 14.4. The molecule has 6 heteroatoms. The number of carbonyl (C=O) groups is 1. The molecule has 1 unspecified atom stereocenters. The van der Waals surface area contributed by atoms with Gasteiger partial charge in [0.2, 0.25) is 5.91 Å². The van der Waals surface area contributed by atoms with E-state index in [1.165, 1.54) is 0 Å². The second-order valence-corrected chi connectivity index (χ2v) is 5.23. The molecule has 1 fully saturated rings. The number of amides is 1. The fourth-order valence-electron chi connectivity index (χ4n) is 2.80. The van der Waals surface area contributed by atoms with Crippen LogP contribution in [-0.4, -0.2) is 32.3 Å². The Kier molecular flexibility index (Phi) is 4.27. The molecule has 3 heterocycles. The molecule has 0 aromatic carbocycles. The van der Waals surface area contributed by atoms with Gasteiger partial charge in [0.05, 0.1) is 6.04 Å². The molecule has 2 aromatic rings. The van der Waals surface area contributed by atoms with Crippen LogP contribution in [0.4, 0.5) is 11.6 Å². The van der Waals surface area contributed by atoms with Crippen molar-refractivity contribution in [3.63, 3.8) is 0 Å². The largest absolute Gasteiger partial charge is 0.334 e. The van der Waals surface area contributed by atoms with Crippen molar-refractivity contribution in [3.8, 4) is 0 Å². The van der Waals surface area contributed by atoms with Crippen LogP contribution in [0.15, 0.2) is 36.8 Å². The molecule has 0 bridgehead atoms. The van der Waals surface area contributed by atoms with E-state index in [-0.39, 0.29) is 11.9 Å². The molecule has 1 saturated heterocycles. The minimum atomic E-state index is -0.00707. The van der Waals surface area contributed by atoms with Crippen molar-refractivity contribution in [2.75, 3.05) is 11.9 Å². The van der Waals surface area contributed by atoms with Gasteiger partial charge in [-0.05, 0) is 25.0 Å². The van der Waals surface area contributed by atoms with Gasteiger partial charge in [-0.1, -0.05) is 13.0 Å². The molecular formula is C16H19N5O. The normalized spacial score (nSPS) is 17.5. The number of nitrogens with one attached hydrogen (secondary N) is 1. The zero-order valence-electron chi connectivity index (χ0n) is 12.6. The Balaban J connectivity index is 1.89. The summed E-state index contributed by atoms with van der Waals surface area (Å²) in [6.45, 7) is 2.68. The maximum Gasteiger partial charge on any atom is 0.222 e. The summed E-state index contributed by atoms with van der Waals surface area (Å²) in [7, 11) is 0. The van der Waals surface area contributed by atoms with E-state index in [0.717, 1.165) is 30.9 Å². The van der Waals surface area contributed by atoms with Gasteiger partial charge in [-0.15, -0.1) is 0 Å². The molecule has 114 valence electrons. The number of carbonyl (C=O) groups excluding carboxylic acids is 1. The van der Waals surface area contributed by atoms with Gasteiger partial charge in [0, 0.05) is 31.6 Å². The van der Waals surface area contributed by atoms with E-state index in [0.29, 0.717) is 12.2 Å². The number of nitrogens with zero attached hydrogens (tertiary/aromatic N) is 4. The molecule has 6 nitrogen and oxygen atoms in total. The smallest absolute Gasteiger partial charge is 0.222 e. The van der Waals surface area contributed by atoms with Gasteiger partial charge in [0.1, 0.15) is 11.5 Å². The van der Waals surface area contributed by atoms with Crippen molar-refractivity contribution in [1.82, 2.24) is 19.9 Å². The fraction of sp³-hybridized carbons (Fsp3) is 0.375. The highest BCUT2D eigenvalue weighted by Gasteiger charge is 2.32. The maximum absolute atomic E-state index is 12.1. The molecule has 1 atom stereocenters. The molecule has 22 heavy (non-hydrogen) atoms. The third kappa shape index (κ3) is 2.90. The Bertz CT molecular complexity index is 646.